The number of aliphatic hydroxyl groups excluding tert-OH is 1. The molecule has 2 aliphatic rings. The molecule has 0 aliphatic carbocycles. The van der Waals surface area contributed by atoms with Gasteiger partial charge in [-0.3, -0.25) is 9.80 Å². The van der Waals surface area contributed by atoms with Crippen LogP contribution in [0.15, 0.2) is 60.8 Å². The Bertz CT molecular complexity index is 1330. The van der Waals surface area contributed by atoms with Crippen LogP contribution in [0, 0.1) is 0 Å². The normalized spacial score (nSPS) is 17.5. The fourth-order valence-corrected chi connectivity index (χ4v) is 5.29. The smallest absolute Gasteiger partial charge is 0.162 e. The molecular formula is C29H34N6O2. The van der Waals surface area contributed by atoms with Crippen LogP contribution < -0.4 is 4.90 Å². The molecular weight excluding hydrogens is 464 g/mol. The highest BCUT2D eigenvalue weighted by Gasteiger charge is 2.23. The Morgan fingerprint density at radius 1 is 0.811 bits per heavy atom. The lowest BCUT2D eigenvalue weighted by atomic mass is 10.1. The molecule has 2 aliphatic heterocycles. The molecule has 8 nitrogen and oxygen atoms in total. The van der Waals surface area contributed by atoms with Gasteiger partial charge in [-0.25, -0.2) is 9.97 Å². The molecule has 37 heavy (non-hydrogen) atoms. The van der Waals surface area contributed by atoms with Gasteiger partial charge < -0.3 is 19.7 Å². The summed E-state index contributed by atoms with van der Waals surface area (Å²) in [6.07, 6.45) is 2.10. The molecule has 2 aromatic heterocycles. The number of hydrogen-bond acceptors (Lipinski definition) is 7. The SMILES string of the molecule is OCc1cccc(-c2nc(N3CCOCC3)c3[nH]cc(CN4CCN(Cc5ccccc5)CC4)c3n2)c1. The molecule has 0 unspecified atom stereocenters. The molecule has 0 bridgehead atoms. The number of fused-ring (bicyclic) bond motifs is 1. The minimum Gasteiger partial charge on any atom is -0.392 e. The van der Waals surface area contributed by atoms with Crippen LogP contribution in [0.2, 0.25) is 0 Å². The van der Waals surface area contributed by atoms with Gasteiger partial charge in [0.2, 0.25) is 0 Å². The van der Waals surface area contributed by atoms with Crippen molar-refractivity contribution >= 4 is 16.9 Å². The van der Waals surface area contributed by atoms with E-state index in [2.05, 4.69) is 56.2 Å². The quantitative estimate of drug-likeness (QED) is 0.405. The second-order valence-corrected chi connectivity index (χ2v) is 9.90. The lowest BCUT2D eigenvalue weighted by Gasteiger charge is -2.34. The second kappa shape index (κ2) is 11.0. The van der Waals surface area contributed by atoms with E-state index in [9.17, 15) is 5.11 Å². The Labute approximate surface area is 217 Å². The average Bonchev–Trinajstić information content (AvgIpc) is 3.37. The average molecular weight is 499 g/mol. The van der Waals surface area contributed by atoms with E-state index >= 15 is 0 Å². The van der Waals surface area contributed by atoms with Crippen LogP contribution in [0.3, 0.4) is 0 Å². The van der Waals surface area contributed by atoms with Gasteiger partial charge >= 0.3 is 0 Å². The lowest BCUT2D eigenvalue weighted by Crippen LogP contribution is -2.45. The van der Waals surface area contributed by atoms with Crippen molar-refractivity contribution in [3.05, 3.63) is 77.5 Å². The summed E-state index contributed by atoms with van der Waals surface area (Å²) in [6, 6.07) is 18.6. The maximum atomic E-state index is 9.66. The molecule has 0 amide bonds. The fourth-order valence-electron chi connectivity index (χ4n) is 5.29. The van der Waals surface area contributed by atoms with Crippen molar-refractivity contribution in [1.29, 1.82) is 0 Å². The number of benzene rings is 2. The topological polar surface area (TPSA) is 80.8 Å². The molecule has 2 fully saturated rings. The van der Waals surface area contributed by atoms with Crippen LogP contribution in [-0.4, -0.2) is 82.3 Å². The summed E-state index contributed by atoms with van der Waals surface area (Å²) in [5.74, 6) is 1.62. The zero-order valence-electron chi connectivity index (χ0n) is 21.1. The van der Waals surface area contributed by atoms with E-state index in [1.165, 1.54) is 11.1 Å². The number of aromatic amines is 1. The summed E-state index contributed by atoms with van der Waals surface area (Å²) in [7, 11) is 0. The van der Waals surface area contributed by atoms with Crippen molar-refractivity contribution in [1.82, 2.24) is 24.8 Å². The first-order valence-corrected chi connectivity index (χ1v) is 13.2. The van der Waals surface area contributed by atoms with Gasteiger partial charge in [0.05, 0.1) is 25.3 Å². The molecule has 4 aromatic rings. The zero-order valence-corrected chi connectivity index (χ0v) is 21.1. The number of ether oxygens (including phenoxy) is 1. The minimum atomic E-state index is -0.00192. The molecule has 0 saturated carbocycles. The molecule has 0 radical (unpaired) electrons. The summed E-state index contributed by atoms with van der Waals surface area (Å²) < 4.78 is 5.60. The van der Waals surface area contributed by atoms with E-state index in [1.807, 2.05) is 24.3 Å². The summed E-state index contributed by atoms with van der Waals surface area (Å²) in [6.45, 7) is 9.05. The van der Waals surface area contributed by atoms with E-state index < -0.39 is 0 Å². The number of H-pyrrole nitrogens is 1. The summed E-state index contributed by atoms with van der Waals surface area (Å²) in [4.78, 5) is 20.9. The van der Waals surface area contributed by atoms with Crippen LogP contribution >= 0.6 is 0 Å². The third-order valence-electron chi connectivity index (χ3n) is 7.37. The highest BCUT2D eigenvalue weighted by molar-refractivity contribution is 5.90. The Balaban J connectivity index is 1.25. The van der Waals surface area contributed by atoms with Gasteiger partial charge in [-0.05, 0) is 17.2 Å². The standard InChI is InChI=1S/C29H34N6O2/c36-21-23-7-4-8-24(17-23)28-31-26-25(18-30-27(26)29(32-28)35-13-15-37-16-14-35)20-34-11-9-33(10-12-34)19-22-5-2-1-3-6-22/h1-8,17-18,30,36H,9-16,19-21H2. The predicted molar refractivity (Wildman–Crippen MR) is 145 cm³/mol. The third kappa shape index (κ3) is 5.38. The van der Waals surface area contributed by atoms with Crippen LogP contribution in [0.4, 0.5) is 5.82 Å². The van der Waals surface area contributed by atoms with E-state index in [0.29, 0.717) is 19.0 Å². The molecule has 2 N–H and O–H groups in total. The summed E-state index contributed by atoms with van der Waals surface area (Å²) in [5, 5.41) is 9.66. The predicted octanol–water partition coefficient (Wildman–Crippen LogP) is 3.27. The number of nitrogens with one attached hydrogen (secondary N) is 1. The van der Waals surface area contributed by atoms with Gasteiger partial charge in [0.1, 0.15) is 5.52 Å². The fraction of sp³-hybridized carbons (Fsp3) is 0.379. The maximum Gasteiger partial charge on any atom is 0.162 e. The van der Waals surface area contributed by atoms with Gasteiger partial charge in [-0.1, -0.05) is 48.5 Å². The molecule has 0 atom stereocenters. The number of morpholine rings is 1. The molecule has 6 rings (SSSR count). The monoisotopic (exact) mass is 498 g/mol. The largest absolute Gasteiger partial charge is 0.392 e. The number of piperazine rings is 1. The van der Waals surface area contributed by atoms with E-state index in [1.54, 1.807) is 0 Å². The van der Waals surface area contributed by atoms with Gasteiger partial charge in [-0.2, -0.15) is 0 Å². The van der Waals surface area contributed by atoms with Crippen molar-refractivity contribution in [2.45, 2.75) is 19.7 Å². The van der Waals surface area contributed by atoms with Crippen molar-refractivity contribution in [3.8, 4) is 11.4 Å². The molecule has 2 saturated heterocycles. The van der Waals surface area contributed by atoms with Crippen LogP contribution in [0.1, 0.15) is 16.7 Å². The van der Waals surface area contributed by atoms with Crippen LogP contribution in [-0.2, 0) is 24.4 Å². The minimum absolute atomic E-state index is 0.00192. The van der Waals surface area contributed by atoms with Gasteiger partial charge in [-0.15, -0.1) is 0 Å². The summed E-state index contributed by atoms with van der Waals surface area (Å²) >= 11 is 0. The van der Waals surface area contributed by atoms with E-state index in [4.69, 9.17) is 14.7 Å². The highest BCUT2D eigenvalue weighted by Crippen LogP contribution is 2.30. The second-order valence-electron chi connectivity index (χ2n) is 9.90. The van der Waals surface area contributed by atoms with Crippen molar-refractivity contribution in [3.63, 3.8) is 0 Å². The molecule has 0 spiro atoms. The summed E-state index contributed by atoms with van der Waals surface area (Å²) in [5.41, 5.74) is 6.32. The zero-order chi connectivity index (χ0) is 25.0. The van der Waals surface area contributed by atoms with E-state index in [0.717, 1.165) is 80.3 Å². The number of hydrogen-bond donors (Lipinski definition) is 2. The molecule has 2 aromatic carbocycles. The Morgan fingerprint density at radius 2 is 1.54 bits per heavy atom. The molecule has 8 heteroatoms. The first-order valence-electron chi connectivity index (χ1n) is 13.2. The first-order chi connectivity index (χ1) is 18.3. The first kappa shape index (κ1) is 24.1. The number of rotatable bonds is 7. The Morgan fingerprint density at radius 3 is 2.30 bits per heavy atom. The molecule has 192 valence electrons. The van der Waals surface area contributed by atoms with Crippen molar-refractivity contribution in [2.24, 2.45) is 0 Å². The number of aliphatic hydroxyl groups is 1. The molecule has 4 heterocycles. The van der Waals surface area contributed by atoms with Gasteiger partial charge in [0.15, 0.2) is 11.6 Å². The van der Waals surface area contributed by atoms with Crippen LogP contribution in [0.5, 0.6) is 0 Å². The Kier molecular flexibility index (Phi) is 7.14. The number of anilines is 1. The number of aromatic nitrogens is 3. The third-order valence-corrected chi connectivity index (χ3v) is 7.37. The van der Waals surface area contributed by atoms with Crippen molar-refractivity contribution < 1.29 is 9.84 Å². The maximum absolute atomic E-state index is 9.66. The van der Waals surface area contributed by atoms with Crippen LogP contribution in [0.25, 0.3) is 22.4 Å². The van der Waals surface area contributed by atoms with Gasteiger partial charge in [0, 0.05) is 69.7 Å². The number of nitrogens with zero attached hydrogens (tertiary/aromatic N) is 5. The van der Waals surface area contributed by atoms with E-state index in [-0.39, 0.29) is 6.61 Å². The highest BCUT2D eigenvalue weighted by atomic mass is 16.5. The van der Waals surface area contributed by atoms with Gasteiger partial charge in [0.25, 0.3) is 0 Å². The Hall–Kier alpha value is -3.30. The van der Waals surface area contributed by atoms with Crippen molar-refractivity contribution in [2.75, 3.05) is 57.4 Å². The lowest BCUT2D eigenvalue weighted by molar-refractivity contribution is 0.122.